The molecular weight excluding hydrogens is 300 g/mol. The van der Waals surface area contributed by atoms with E-state index in [9.17, 15) is 9.59 Å². The Kier molecular flexibility index (Phi) is 7.05. The zero-order valence-corrected chi connectivity index (χ0v) is 13.5. The topological polar surface area (TPSA) is 97.2 Å². The number of carboxylic acids is 1. The van der Waals surface area contributed by atoms with Crippen LogP contribution in [0.1, 0.15) is 32.8 Å². The van der Waals surface area contributed by atoms with E-state index in [4.69, 9.17) is 14.7 Å². The first kappa shape index (κ1) is 18.5. The molecule has 0 heterocycles. The number of rotatable bonds is 7. The maximum absolute atomic E-state index is 11.6. The number of benzene rings is 1. The van der Waals surface area contributed by atoms with Crippen molar-refractivity contribution in [3.05, 3.63) is 35.9 Å². The van der Waals surface area contributed by atoms with Gasteiger partial charge in [-0.15, -0.1) is 0 Å². The Labute approximate surface area is 135 Å². The lowest BCUT2D eigenvalue weighted by molar-refractivity contribution is -0.139. The smallest absolute Gasteiger partial charge is 0.408 e. The Balaban J connectivity index is 2.39. The van der Waals surface area contributed by atoms with Crippen molar-refractivity contribution in [1.29, 1.82) is 0 Å². The van der Waals surface area contributed by atoms with Crippen molar-refractivity contribution in [1.82, 2.24) is 5.32 Å². The minimum Gasteiger partial charge on any atom is -0.480 e. The fraction of sp³-hybridized carbons (Fsp3) is 0.438. The molecule has 1 aromatic rings. The van der Waals surface area contributed by atoms with Crippen molar-refractivity contribution >= 4 is 18.3 Å². The Morgan fingerprint density at radius 3 is 2.52 bits per heavy atom. The molecular formula is C16H22N2O5. The van der Waals surface area contributed by atoms with Gasteiger partial charge in [-0.1, -0.05) is 35.5 Å². The van der Waals surface area contributed by atoms with Gasteiger partial charge in [-0.05, 0) is 26.3 Å². The maximum Gasteiger partial charge on any atom is 0.408 e. The fourth-order valence-electron chi connectivity index (χ4n) is 1.56. The van der Waals surface area contributed by atoms with Crippen LogP contribution in [0.3, 0.4) is 0 Å². The van der Waals surface area contributed by atoms with Crippen LogP contribution >= 0.6 is 0 Å². The fourth-order valence-corrected chi connectivity index (χ4v) is 1.56. The summed E-state index contributed by atoms with van der Waals surface area (Å²) in [6.45, 7) is 5.37. The molecule has 1 atom stereocenters. The van der Waals surface area contributed by atoms with E-state index in [-0.39, 0.29) is 13.0 Å². The molecule has 1 amide bonds. The summed E-state index contributed by atoms with van der Waals surface area (Å²) in [5, 5.41) is 15.0. The van der Waals surface area contributed by atoms with Gasteiger partial charge >= 0.3 is 12.1 Å². The number of carbonyl (C=O) groups excluding carboxylic acids is 1. The number of amides is 1. The van der Waals surface area contributed by atoms with Crippen LogP contribution < -0.4 is 5.32 Å². The van der Waals surface area contributed by atoms with Crippen molar-refractivity contribution in [3.63, 3.8) is 0 Å². The van der Waals surface area contributed by atoms with Crippen molar-refractivity contribution in [2.45, 2.75) is 45.4 Å². The molecule has 0 unspecified atom stereocenters. The quantitative estimate of drug-likeness (QED) is 0.594. The second kappa shape index (κ2) is 8.77. The van der Waals surface area contributed by atoms with Crippen LogP contribution in [0.4, 0.5) is 4.79 Å². The van der Waals surface area contributed by atoms with Crippen LogP contribution in [-0.4, -0.2) is 35.0 Å². The number of carbonyl (C=O) groups is 2. The van der Waals surface area contributed by atoms with Gasteiger partial charge < -0.3 is 20.0 Å². The largest absolute Gasteiger partial charge is 0.480 e. The van der Waals surface area contributed by atoms with E-state index in [1.54, 1.807) is 20.8 Å². The lowest BCUT2D eigenvalue weighted by Crippen LogP contribution is -2.43. The molecule has 0 aromatic heterocycles. The number of hydrogen-bond donors (Lipinski definition) is 2. The first-order chi connectivity index (χ1) is 10.8. The van der Waals surface area contributed by atoms with Crippen LogP contribution in [0.25, 0.3) is 0 Å². The van der Waals surface area contributed by atoms with E-state index in [0.29, 0.717) is 0 Å². The monoisotopic (exact) mass is 322 g/mol. The highest BCUT2D eigenvalue weighted by atomic mass is 16.6. The summed E-state index contributed by atoms with van der Waals surface area (Å²) in [5.41, 5.74) is 0.256. The normalized spacial score (nSPS) is 12.7. The van der Waals surface area contributed by atoms with Crippen LogP contribution in [0.15, 0.2) is 35.5 Å². The predicted octanol–water partition coefficient (Wildman–Crippen LogP) is 2.56. The summed E-state index contributed by atoms with van der Waals surface area (Å²) >= 11 is 0. The lowest BCUT2D eigenvalue weighted by atomic mass is 10.2. The number of nitrogens with one attached hydrogen (secondary N) is 1. The highest BCUT2D eigenvalue weighted by Crippen LogP contribution is 2.07. The third kappa shape index (κ3) is 8.45. The summed E-state index contributed by atoms with van der Waals surface area (Å²) in [6.07, 6.45) is 0.506. The van der Waals surface area contributed by atoms with Gasteiger partial charge in [0, 0.05) is 12.6 Å². The summed E-state index contributed by atoms with van der Waals surface area (Å²) in [6, 6.07) is 8.31. The molecule has 0 aliphatic rings. The number of alkyl carbamates (subject to hydrolysis) is 1. The molecule has 1 rings (SSSR count). The first-order valence-corrected chi connectivity index (χ1v) is 7.18. The highest BCUT2D eigenvalue weighted by Gasteiger charge is 2.23. The predicted molar refractivity (Wildman–Crippen MR) is 85.1 cm³/mol. The second-order valence-corrected chi connectivity index (χ2v) is 5.82. The molecule has 0 aliphatic carbocycles. The molecule has 126 valence electrons. The van der Waals surface area contributed by atoms with Gasteiger partial charge in [-0.3, -0.25) is 0 Å². The summed E-state index contributed by atoms with van der Waals surface area (Å²) in [4.78, 5) is 27.8. The third-order valence-corrected chi connectivity index (χ3v) is 2.55. The molecule has 0 saturated heterocycles. The molecule has 0 spiro atoms. The first-order valence-electron chi connectivity index (χ1n) is 7.18. The SMILES string of the molecule is CC(C)(C)OC(=O)N[C@H](CC=NOCc1ccccc1)C(=O)O. The number of hydrogen-bond acceptors (Lipinski definition) is 5. The Morgan fingerprint density at radius 2 is 1.96 bits per heavy atom. The molecule has 0 aliphatic heterocycles. The van der Waals surface area contributed by atoms with Crippen LogP contribution in [0.2, 0.25) is 0 Å². The average Bonchev–Trinajstić information content (AvgIpc) is 2.44. The summed E-state index contributed by atoms with van der Waals surface area (Å²) in [5.74, 6) is -1.18. The summed E-state index contributed by atoms with van der Waals surface area (Å²) < 4.78 is 5.01. The zero-order chi connectivity index (χ0) is 17.3. The van der Waals surface area contributed by atoms with Gasteiger partial charge in [0.05, 0.1) is 0 Å². The van der Waals surface area contributed by atoms with E-state index in [1.807, 2.05) is 30.3 Å². The van der Waals surface area contributed by atoms with E-state index < -0.39 is 23.7 Å². The Morgan fingerprint density at radius 1 is 1.30 bits per heavy atom. The van der Waals surface area contributed by atoms with Crippen LogP contribution in [0, 0.1) is 0 Å². The molecule has 0 fully saturated rings. The average molecular weight is 322 g/mol. The lowest BCUT2D eigenvalue weighted by Gasteiger charge is -2.21. The van der Waals surface area contributed by atoms with E-state index in [0.717, 1.165) is 5.56 Å². The Hall–Kier alpha value is -2.57. The van der Waals surface area contributed by atoms with Crippen molar-refractivity contribution in [2.75, 3.05) is 0 Å². The molecule has 0 saturated carbocycles. The van der Waals surface area contributed by atoms with E-state index in [1.165, 1.54) is 6.21 Å². The van der Waals surface area contributed by atoms with Crippen molar-refractivity contribution in [2.24, 2.45) is 5.16 Å². The second-order valence-electron chi connectivity index (χ2n) is 5.82. The van der Waals surface area contributed by atoms with Gasteiger partial charge in [0.15, 0.2) is 0 Å². The standard InChI is InChI=1S/C16H22N2O5/c1-16(2,3)23-15(21)18-13(14(19)20)9-10-17-22-11-12-7-5-4-6-8-12/h4-8,10,13H,9,11H2,1-3H3,(H,18,21)(H,19,20)/t13-/m1/s1. The maximum atomic E-state index is 11.6. The van der Waals surface area contributed by atoms with E-state index >= 15 is 0 Å². The van der Waals surface area contributed by atoms with Gasteiger partial charge in [-0.25, -0.2) is 9.59 Å². The summed E-state index contributed by atoms with van der Waals surface area (Å²) in [7, 11) is 0. The number of oxime groups is 1. The molecule has 0 bridgehead atoms. The molecule has 0 radical (unpaired) electrons. The van der Waals surface area contributed by atoms with Crippen molar-refractivity contribution in [3.8, 4) is 0 Å². The molecule has 2 N–H and O–H groups in total. The minimum absolute atomic E-state index is 0.0105. The van der Waals surface area contributed by atoms with Gasteiger partial charge in [-0.2, -0.15) is 0 Å². The van der Waals surface area contributed by atoms with Gasteiger partial charge in [0.25, 0.3) is 0 Å². The van der Waals surface area contributed by atoms with E-state index in [2.05, 4.69) is 10.5 Å². The molecule has 7 nitrogen and oxygen atoms in total. The number of aliphatic carboxylic acids is 1. The molecule has 1 aromatic carbocycles. The number of carboxylic acid groups (broad SMARTS) is 1. The molecule has 23 heavy (non-hydrogen) atoms. The zero-order valence-electron chi connectivity index (χ0n) is 13.5. The minimum atomic E-state index is -1.18. The Bertz CT molecular complexity index is 537. The number of nitrogens with zero attached hydrogens (tertiary/aromatic N) is 1. The third-order valence-electron chi connectivity index (χ3n) is 2.55. The molecule has 7 heteroatoms. The van der Waals surface area contributed by atoms with Crippen LogP contribution in [-0.2, 0) is 21.0 Å². The van der Waals surface area contributed by atoms with Gasteiger partial charge in [0.2, 0.25) is 0 Å². The van der Waals surface area contributed by atoms with Crippen molar-refractivity contribution < 1.29 is 24.3 Å². The highest BCUT2D eigenvalue weighted by molar-refractivity contribution is 5.82. The van der Waals surface area contributed by atoms with Crippen LogP contribution in [0.5, 0.6) is 0 Å². The number of ether oxygens (including phenoxy) is 1. The van der Waals surface area contributed by atoms with Gasteiger partial charge in [0.1, 0.15) is 18.2 Å².